The molecule has 1 atom stereocenters. The van der Waals surface area contributed by atoms with Crippen LogP contribution in [0.2, 0.25) is 0 Å². The van der Waals surface area contributed by atoms with E-state index < -0.39 is 9.84 Å². The third-order valence-corrected chi connectivity index (χ3v) is 5.98. The second-order valence-electron chi connectivity index (χ2n) is 6.35. The van der Waals surface area contributed by atoms with Gasteiger partial charge in [-0.05, 0) is 37.1 Å². The molecule has 23 heavy (non-hydrogen) atoms. The summed E-state index contributed by atoms with van der Waals surface area (Å²) in [6, 6.07) is 7.21. The van der Waals surface area contributed by atoms with Gasteiger partial charge >= 0.3 is 0 Å². The van der Waals surface area contributed by atoms with Crippen molar-refractivity contribution in [2.45, 2.75) is 44.6 Å². The van der Waals surface area contributed by atoms with Gasteiger partial charge in [0.05, 0.1) is 10.6 Å². The van der Waals surface area contributed by atoms with Crippen molar-refractivity contribution in [3.8, 4) is 0 Å². The summed E-state index contributed by atoms with van der Waals surface area (Å²) in [4.78, 5) is 14.4. The zero-order chi connectivity index (χ0) is 17.0. The Labute approximate surface area is 139 Å². The van der Waals surface area contributed by atoms with Crippen molar-refractivity contribution >= 4 is 21.4 Å². The number of nitrogens with one attached hydrogen (secondary N) is 1. The molecule has 1 saturated heterocycles. The molecular formula is C17H26N2O3S. The van der Waals surface area contributed by atoms with Crippen LogP contribution in [0, 0.1) is 5.92 Å². The van der Waals surface area contributed by atoms with E-state index in [-0.39, 0.29) is 23.6 Å². The Morgan fingerprint density at radius 2 is 1.96 bits per heavy atom. The van der Waals surface area contributed by atoms with E-state index in [2.05, 4.69) is 10.2 Å². The topological polar surface area (TPSA) is 66.5 Å². The summed E-state index contributed by atoms with van der Waals surface area (Å²) >= 11 is 0. The molecule has 1 amide bonds. The van der Waals surface area contributed by atoms with Crippen molar-refractivity contribution in [3.05, 3.63) is 24.3 Å². The van der Waals surface area contributed by atoms with Crippen LogP contribution in [0.1, 0.15) is 33.6 Å². The number of anilines is 1. The van der Waals surface area contributed by atoms with Crippen molar-refractivity contribution in [1.29, 1.82) is 0 Å². The fourth-order valence-corrected chi connectivity index (χ4v) is 3.61. The first-order valence-corrected chi connectivity index (χ1v) is 9.87. The number of benzene rings is 1. The van der Waals surface area contributed by atoms with Gasteiger partial charge in [-0.1, -0.05) is 20.8 Å². The van der Waals surface area contributed by atoms with E-state index in [1.54, 1.807) is 19.1 Å². The predicted molar refractivity (Wildman–Crippen MR) is 92.4 cm³/mol. The monoisotopic (exact) mass is 338 g/mol. The number of hydrogen-bond acceptors (Lipinski definition) is 4. The van der Waals surface area contributed by atoms with Gasteiger partial charge in [0.2, 0.25) is 5.91 Å². The van der Waals surface area contributed by atoms with Crippen LogP contribution >= 0.6 is 0 Å². The van der Waals surface area contributed by atoms with Gasteiger partial charge in [-0.3, -0.25) is 4.79 Å². The molecule has 1 aromatic rings. The standard InChI is InChI=1S/C17H26N2O3S/c1-4-23(21,22)16-9-7-15(8-10-16)19-11-5-6-14(12-19)18-17(20)13(2)3/h7-10,13-14H,4-6,11-12H2,1-3H3,(H,18,20). The van der Waals surface area contributed by atoms with E-state index >= 15 is 0 Å². The Bertz CT molecular complexity index is 638. The highest BCUT2D eigenvalue weighted by Crippen LogP contribution is 2.22. The number of rotatable bonds is 5. The fraction of sp³-hybridized carbons (Fsp3) is 0.588. The average Bonchev–Trinajstić information content (AvgIpc) is 2.55. The zero-order valence-electron chi connectivity index (χ0n) is 14.1. The number of piperidine rings is 1. The molecule has 1 aromatic carbocycles. The van der Waals surface area contributed by atoms with Gasteiger partial charge in [0.1, 0.15) is 0 Å². The van der Waals surface area contributed by atoms with E-state index in [0.717, 1.165) is 31.6 Å². The lowest BCUT2D eigenvalue weighted by Crippen LogP contribution is -2.48. The van der Waals surface area contributed by atoms with Gasteiger partial charge in [0, 0.05) is 30.7 Å². The molecule has 6 heteroatoms. The maximum atomic E-state index is 11.9. The Balaban J connectivity index is 2.05. The van der Waals surface area contributed by atoms with Crippen LogP contribution < -0.4 is 10.2 Å². The first kappa shape index (κ1) is 17.8. The van der Waals surface area contributed by atoms with Crippen molar-refractivity contribution in [1.82, 2.24) is 5.32 Å². The molecule has 1 aliphatic rings. The SMILES string of the molecule is CCS(=O)(=O)c1ccc(N2CCCC(NC(=O)C(C)C)C2)cc1. The average molecular weight is 338 g/mol. The highest BCUT2D eigenvalue weighted by molar-refractivity contribution is 7.91. The Morgan fingerprint density at radius 3 is 2.52 bits per heavy atom. The Hall–Kier alpha value is -1.56. The highest BCUT2D eigenvalue weighted by Gasteiger charge is 2.23. The van der Waals surface area contributed by atoms with Crippen LogP contribution in [0.4, 0.5) is 5.69 Å². The molecular weight excluding hydrogens is 312 g/mol. The molecule has 1 fully saturated rings. The van der Waals surface area contributed by atoms with Crippen molar-refractivity contribution < 1.29 is 13.2 Å². The van der Waals surface area contributed by atoms with Gasteiger partial charge in [0.25, 0.3) is 0 Å². The zero-order valence-corrected chi connectivity index (χ0v) is 14.9. The first-order valence-electron chi connectivity index (χ1n) is 8.21. The number of amides is 1. The molecule has 0 aromatic heterocycles. The molecule has 1 unspecified atom stereocenters. The summed E-state index contributed by atoms with van der Waals surface area (Å²) in [5.41, 5.74) is 1.00. The minimum atomic E-state index is -3.16. The van der Waals surface area contributed by atoms with Crippen LogP contribution in [0.15, 0.2) is 29.2 Å². The van der Waals surface area contributed by atoms with Gasteiger partial charge in [0.15, 0.2) is 9.84 Å². The smallest absolute Gasteiger partial charge is 0.222 e. The lowest BCUT2D eigenvalue weighted by atomic mass is 10.0. The van der Waals surface area contributed by atoms with Crippen LogP contribution in [0.3, 0.4) is 0 Å². The fourth-order valence-electron chi connectivity index (χ4n) is 2.73. The lowest BCUT2D eigenvalue weighted by Gasteiger charge is -2.35. The number of nitrogens with zero attached hydrogens (tertiary/aromatic N) is 1. The molecule has 0 bridgehead atoms. The minimum absolute atomic E-state index is 0.0103. The quantitative estimate of drug-likeness (QED) is 0.894. The van der Waals surface area contributed by atoms with Crippen molar-refractivity contribution in [3.63, 3.8) is 0 Å². The summed E-state index contributed by atoms with van der Waals surface area (Å²) in [7, 11) is -3.16. The van der Waals surface area contributed by atoms with Gasteiger partial charge < -0.3 is 10.2 Å². The second-order valence-corrected chi connectivity index (χ2v) is 8.62. The van der Waals surface area contributed by atoms with E-state index in [9.17, 15) is 13.2 Å². The van der Waals surface area contributed by atoms with Crippen molar-refractivity contribution in [2.75, 3.05) is 23.7 Å². The minimum Gasteiger partial charge on any atom is -0.369 e. The third-order valence-electron chi connectivity index (χ3n) is 4.23. The van der Waals surface area contributed by atoms with E-state index in [1.807, 2.05) is 26.0 Å². The molecule has 0 aliphatic carbocycles. The lowest BCUT2D eigenvalue weighted by molar-refractivity contribution is -0.124. The first-order chi connectivity index (χ1) is 10.8. The highest BCUT2D eigenvalue weighted by atomic mass is 32.2. The normalized spacial score (nSPS) is 19.0. The molecule has 0 radical (unpaired) electrons. The predicted octanol–water partition coefficient (Wildman–Crippen LogP) is 2.22. The molecule has 128 valence electrons. The van der Waals surface area contributed by atoms with E-state index in [0.29, 0.717) is 4.90 Å². The summed E-state index contributed by atoms with van der Waals surface area (Å²) in [5.74, 6) is 0.185. The van der Waals surface area contributed by atoms with Crippen LogP contribution in [0.25, 0.3) is 0 Å². The summed E-state index contributed by atoms with van der Waals surface area (Å²) in [5, 5.41) is 3.09. The molecule has 0 saturated carbocycles. The number of carbonyl (C=O) groups excluding carboxylic acids is 1. The largest absolute Gasteiger partial charge is 0.369 e. The summed E-state index contributed by atoms with van der Waals surface area (Å²) < 4.78 is 23.7. The van der Waals surface area contributed by atoms with Gasteiger partial charge in [-0.25, -0.2) is 8.42 Å². The second kappa shape index (κ2) is 7.34. The molecule has 0 spiro atoms. The van der Waals surface area contributed by atoms with Crippen LogP contribution in [-0.4, -0.2) is 39.2 Å². The molecule has 5 nitrogen and oxygen atoms in total. The number of hydrogen-bond donors (Lipinski definition) is 1. The summed E-state index contributed by atoms with van der Waals surface area (Å²) in [6.45, 7) is 7.12. The molecule has 1 aliphatic heterocycles. The maximum Gasteiger partial charge on any atom is 0.222 e. The number of carbonyl (C=O) groups is 1. The molecule has 1 N–H and O–H groups in total. The Morgan fingerprint density at radius 1 is 1.30 bits per heavy atom. The third kappa shape index (κ3) is 4.47. The number of sulfone groups is 1. The molecule has 2 rings (SSSR count). The van der Waals surface area contributed by atoms with Crippen LogP contribution in [-0.2, 0) is 14.6 Å². The van der Waals surface area contributed by atoms with Gasteiger partial charge in [-0.15, -0.1) is 0 Å². The molecule has 1 heterocycles. The maximum absolute atomic E-state index is 11.9. The van der Waals surface area contributed by atoms with Gasteiger partial charge in [-0.2, -0.15) is 0 Å². The van der Waals surface area contributed by atoms with Crippen LogP contribution in [0.5, 0.6) is 0 Å². The van der Waals surface area contributed by atoms with Crippen molar-refractivity contribution in [2.24, 2.45) is 5.92 Å². The van der Waals surface area contributed by atoms with E-state index in [4.69, 9.17) is 0 Å². The summed E-state index contributed by atoms with van der Waals surface area (Å²) in [6.07, 6.45) is 2.00. The Kier molecular flexibility index (Phi) is 5.68. The van der Waals surface area contributed by atoms with E-state index in [1.165, 1.54) is 0 Å².